The lowest BCUT2D eigenvalue weighted by molar-refractivity contribution is -0.119. The second kappa shape index (κ2) is 5.72. The Morgan fingerprint density at radius 2 is 2.00 bits per heavy atom. The monoisotopic (exact) mass is 242 g/mol. The maximum absolute atomic E-state index is 13.1. The van der Waals surface area contributed by atoms with Crippen LogP contribution < -0.4 is 11.1 Å². The van der Waals surface area contributed by atoms with Crippen molar-refractivity contribution in [3.8, 4) is 0 Å². The van der Waals surface area contributed by atoms with E-state index in [-0.39, 0.29) is 6.04 Å². The van der Waals surface area contributed by atoms with E-state index in [0.717, 1.165) is 12.1 Å². The van der Waals surface area contributed by atoms with Crippen molar-refractivity contribution in [2.45, 2.75) is 25.8 Å². The van der Waals surface area contributed by atoms with Crippen molar-refractivity contribution in [1.29, 1.82) is 0 Å². The summed E-state index contributed by atoms with van der Waals surface area (Å²) in [6.45, 7) is 4.14. The zero-order valence-corrected chi connectivity index (χ0v) is 9.84. The molecule has 5 heteroatoms. The molecule has 0 aliphatic heterocycles. The Hall–Kier alpha value is -1.49. The van der Waals surface area contributed by atoms with Gasteiger partial charge in [-0.3, -0.25) is 4.79 Å². The number of nitrogens with two attached hydrogens (primary N) is 1. The average molecular weight is 242 g/mol. The zero-order chi connectivity index (χ0) is 13.0. The highest BCUT2D eigenvalue weighted by Gasteiger charge is 2.19. The van der Waals surface area contributed by atoms with E-state index in [9.17, 15) is 13.6 Å². The van der Waals surface area contributed by atoms with Gasteiger partial charge >= 0.3 is 0 Å². The van der Waals surface area contributed by atoms with E-state index < -0.39 is 23.5 Å². The number of carbonyl (C=O) groups is 1. The Morgan fingerprint density at radius 3 is 2.47 bits per heavy atom. The van der Waals surface area contributed by atoms with Crippen LogP contribution in [-0.2, 0) is 4.79 Å². The molecule has 1 rings (SSSR count). The van der Waals surface area contributed by atoms with Gasteiger partial charge in [0, 0.05) is 12.6 Å². The lowest BCUT2D eigenvalue weighted by atomic mass is 9.98. The van der Waals surface area contributed by atoms with E-state index in [4.69, 9.17) is 5.73 Å². The molecule has 0 aromatic heterocycles. The van der Waals surface area contributed by atoms with Gasteiger partial charge in [-0.05, 0) is 17.7 Å². The summed E-state index contributed by atoms with van der Waals surface area (Å²) in [6.07, 6.45) is 0. The molecule has 0 fully saturated rings. The zero-order valence-electron chi connectivity index (χ0n) is 9.84. The standard InChI is InChI=1S/C12H16F2N2O/c1-7(2)16-6-9(12(15)17)8-3-4-10(13)11(14)5-8/h3-5,7,9,16H,6H2,1-2H3,(H2,15,17). The normalized spacial score (nSPS) is 12.8. The number of nitrogens with one attached hydrogen (secondary N) is 1. The van der Waals surface area contributed by atoms with Gasteiger partial charge in [0.1, 0.15) is 0 Å². The number of primary amides is 1. The van der Waals surface area contributed by atoms with Crippen LogP contribution in [0.1, 0.15) is 25.3 Å². The fourth-order valence-corrected chi connectivity index (χ4v) is 1.47. The van der Waals surface area contributed by atoms with E-state index in [2.05, 4.69) is 5.32 Å². The van der Waals surface area contributed by atoms with Crippen LogP contribution in [0.3, 0.4) is 0 Å². The van der Waals surface area contributed by atoms with Crippen LogP contribution in [0.15, 0.2) is 18.2 Å². The first kappa shape index (κ1) is 13.6. The van der Waals surface area contributed by atoms with Crippen LogP contribution in [0, 0.1) is 11.6 Å². The molecule has 3 nitrogen and oxygen atoms in total. The molecule has 0 aliphatic rings. The molecule has 1 amide bonds. The van der Waals surface area contributed by atoms with E-state index >= 15 is 0 Å². The number of hydrogen-bond donors (Lipinski definition) is 2. The highest BCUT2D eigenvalue weighted by atomic mass is 19.2. The lowest BCUT2D eigenvalue weighted by Crippen LogP contribution is -2.34. The minimum Gasteiger partial charge on any atom is -0.369 e. The minimum absolute atomic E-state index is 0.183. The third-order valence-electron chi connectivity index (χ3n) is 2.42. The quantitative estimate of drug-likeness (QED) is 0.822. The van der Waals surface area contributed by atoms with Gasteiger partial charge in [0.15, 0.2) is 11.6 Å². The van der Waals surface area contributed by atoms with Crippen LogP contribution in [0.2, 0.25) is 0 Å². The predicted molar refractivity (Wildman–Crippen MR) is 61.4 cm³/mol. The molecule has 3 N–H and O–H groups in total. The van der Waals surface area contributed by atoms with Crippen molar-refractivity contribution in [2.24, 2.45) is 5.73 Å². The first-order valence-electron chi connectivity index (χ1n) is 5.39. The van der Waals surface area contributed by atoms with Crippen molar-refractivity contribution in [1.82, 2.24) is 5.32 Å². The fourth-order valence-electron chi connectivity index (χ4n) is 1.47. The fraction of sp³-hybridized carbons (Fsp3) is 0.417. The SMILES string of the molecule is CC(C)NCC(C(N)=O)c1ccc(F)c(F)c1. The summed E-state index contributed by atoms with van der Waals surface area (Å²) in [7, 11) is 0. The van der Waals surface area contributed by atoms with Crippen molar-refractivity contribution >= 4 is 5.91 Å². The molecule has 0 bridgehead atoms. The maximum Gasteiger partial charge on any atom is 0.226 e. The Labute approximate surface area is 99.0 Å². The van der Waals surface area contributed by atoms with Crippen molar-refractivity contribution in [2.75, 3.05) is 6.54 Å². The molecule has 1 atom stereocenters. The van der Waals surface area contributed by atoms with E-state index in [1.807, 2.05) is 13.8 Å². The topological polar surface area (TPSA) is 55.1 Å². The third-order valence-corrected chi connectivity index (χ3v) is 2.42. The number of amides is 1. The van der Waals surface area contributed by atoms with Gasteiger partial charge < -0.3 is 11.1 Å². The number of halogens is 2. The van der Waals surface area contributed by atoms with Crippen LogP contribution in [0.25, 0.3) is 0 Å². The predicted octanol–water partition coefficient (Wildman–Crippen LogP) is 1.53. The molecule has 0 aliphatic carbocycles. The number of hydrogen-bond acceptors (Lipinski definition) is 2. The molecular formula is C12H16F2N2O. The Balaban J connectivity index is 2.89. The molecule has 0 saturated carbocycles. The van der Waals surface area contributed by atoms with Gasteiger partial charge in [-0.1, -0.05) is 19.9 Å². The molecule has 1 aromatic rings. The van der Waals surface area contributed by atoms with Crippen LogP contribution >= 0.6 is 0 Å². The van der Waals surface area contributed by atoms with E-state index in [1.54, 1.807) is 0 Å². The third kappa shape index (κ3) is 3.78. The molecule has 17 heavy (non-hydrogen) atoms. The molecule has 94 valence electrons. The van der Waals surface area contributed by atoms with Gasteiger partial charge in [0.05, 0.1) is 5.92 Å². The summed E-state index contributed by atoms with van der Waals surface area (Å²) in [6, 6.07) is 3.56. The highest BCUT2D eigenvalue weighted by Crippen LogP contribution is 2.18. The Kier molecular flexibility index (Phi) is 4.57. The van der Waals surface area contributed by atoms with Crippen molar-refractivity contribution in [3.63, 3.8) is 0 Å². The van der Waals surface area contributed by atoms with Crippen molar-refractivity contribution < 1.29 is 13.6 Å². The van der Waals surface area contributed by atoms with Crippen LogP contribution in [-0.4, -0.2) is 18.5 Å². The summed E-state index contributed by atoms with van der Waals surface area (Å²) in [5.41, 5.74) is 5.63. The average Bonchev–Trinajstić information content (AvgIpc) is 2.22. The molecular weight excluding hydrogens is 226 g/mol. The number of rotatable bonds is 5. The van der Waals surface area contributed by atoms with Gasteiger partial charge in [0.25, 0.3) is 0 Å². The summed E-state index contributed by atoms with van der Waals surface area (Å²) in [5.74, 6) is -3.14. The molecule has 0 spiro atoms. The molecule has 1 aromatic carbocycles. The van der Waals surface area contributed by atoms with Gasteiger partial charge in [-0.2, -0.15) is 0 Å². The highest BCUT2D eigenvalue weighted by molar-refractivity contribution is 5.82. The Morgan fingerprint density at radius 1 is 1.35 bits per heavy atom. The second-order valence-electron chi connectivity index (χ2n) is 4.19. The number of carbonyl (C=O) groups excluding carboxylic acids is 1. The summed E-state index contributed by atoms with van der Waals surface area (Å²) < 4.78 is 25.8. The summed E-state index contributed by atoms with van der Waals surface area (Å²) >= 11 is 0. The Bertz CT molecular complexity index is 407. The second-order valence-corrected chi connectivity index (χ2v) is 4.19. The van der Waals surface area contributed by atoms with Gasteiger partial charge in [-0.25, -0.2) is 8.78 Å². The van der Waals surface area contributed by atoms with Gasteiger partial charge in [0.2, 0.25) is 5.91 Å². The lowest BCUT2D eigenvalue weighted by Gasteiger charge is -2.16. The van der Waals surface area contributed by atoms with Crippen molar-refractivity contribution in [3.05, 3.63) is 35.4 Å². The van der Waals surface area contributed by atoms with E-state index in [1.165, 1.54) is 6.07 Å². The maximum atomic E-state index is 13.1. The smallest absolute Gasteiger partial charge is 0.226 e. The molecule has 0 saturated heterocycles. The van der Waals surface area contributed by atoms with Crippen LogP contribution in [0.4, 0.5) is 8.78 Å². The molecule has 0 heterocycles. The molecule has 1 unspecified atom stereocenters. The molecule has 0 radical (unpaired) electrons. The summed E-state index contributed by atoms with van der Waals surface area (Å²) in [5, 5.41) is 3.04. The summed E-state index contributed by atoms with van der Waals surface area (Å²) in [4.78, 5) is 11.3. The van der Waals surface area contributed by atoms with Crippen LogP contribution in [0.5, 0.6) is 0 Å². The number of benzene rings is 1. The first-order valence-corrected chi connectivity index (χ1v) is 5.39. The van der Waals surface area contributed by atoms with Gasteiger partial charge in [-0.15, -0.1) is 0 Å². The first-order chi connectivity index (χ1) is 7.91. The largest absolute Gasteiger partial charge is 0.369 e. The minimum atomic E-state index is -0.974. The van der Waals surface area contributed by atoms with E-state index in [0.29, 0.717) is 12.1 Å².